The molecule has 1 heterocycles. The second-order valence-corrected chi connectivity index (χ2v) is 7.43. The Bertz CT molecular complexity index is 1310. The van der Waals surface area contributed by atoms with Gasteiger partial charge in [0.25, 0.3) is 0 Å². The van der Waals surface area contributed by atoms with Gasteiger partial charge in [0.1, 0.15) is 24.1 Å². The van der Waals surface area contributed by atoms with Crippen LogP contribution in [0.5, 0.6) is 5.75 Å². The van der Waals surface area contributed by atoms with Gasteiger partial charge < -0.3 is 14.2 Å². The summed E-state index contributed by atoms with van der Waals surface area (Å²) in [6.07, 6.45) is -11.8. The summed E-state index contributed by atoms with van der Waals surface area (Å²) in [5.41, 5.74) is -3.03. The van der Waals surface area contributed by atoms with Crippen LogP contribution in [0.2, 0.25) is 0 Å². The lowest BCUT2D eigenvalue weighted by atomic mass is 10.0. The van der Waals surface area contributed by atoms with Crippen molar-refractivity contribution < 1.29 is 45.3 Å². The van der Waals surface area contributed by atoms with Crippen LogP contribution >= 0.6 is 0 Å². The van der Waals surface area contributed by atoms with E-state index in [1.807, 2.05) is 6.07 Å². The molecule has 14 heteroatoms. The molecular weight excluding hydrogens is 510 g/mol. The van der Waals surface area contributed by atoms with E-state index in [1.165, 1.54) is 31.2 Å². The summed E-state index contributed by atoms with van der Waals surface area (Å²) in [5.74, 6) is -0.0151. The number of aromatic nitrogens is 3. The van der Waals surface area contributed by atoms with Crippen LogP contribution in [-0.2, 0) is 28.4 Å². The fourth-order valence-electron chi connectivity index (χ4n) is 3.29. The van der Waals surface area contributed by atoms with Gasteiger partial charge >= 0.3 is 18.5 Å². The number of alkyl halides is 6. The van der Waals surface area contributed by atoms with Crippen LogP contribution in [0, 0.1) is 11.3 Å². The fraction of sp³-hybridized carbons (Fsp3) is 0.304. The van der Waals surface area contributed by atoms with E-state index in [4.69, 9.17) is 14.2 Å². The second-order valence-electron chi connectivity index (χ2n) is 7.43. The van der Waals surface area contributed by atoms with Crippen molar-refractivity contribution in [3.63, 3.8) is 0 Å². The first-order valence-electron chi connectivity index (χ1n) is 10.5. The zero-order valence-corrected chi connectivity index (χ0v) is 19.2. The van der Waals surface area contributed by atoms with Crippen LogP contribution in [0.3, 0.4) is 0 Å². The molecule has 0 aliphatic rings. The first-order chi connectivity index (χ1) is 17.3. The van der Waals surface area contributed by atoms with E-state index < -0.39 is 48.0 Å². The maximum absolute atomic E-state index is 13.4. The van der Waals surface area contributed by atoms with E-state index in [-0.39, 0.29) is 29.3 Å². The van der Waals surface area contributed by atoms with Crippen molar-refractivity contribution in [1.82, 2.24) is 15.0 Å². The Hall–Kier alpha value is -4.28. The Morgan fingerprint density at radius 1 is 1.11 bits per heavy atom. The van der Waals surface area contributed by atoms with E-state index in [9.17, 15) is 36.4 Å². The number of halogens is 6. The average Bonchev–Trinajstić information content (AvgIpc) is 3.26. The zero-order chi connectivity index (χ0) is 27.4. The molecule has 0 aliphatic carbocycles. The van der Waals surface area contributed by atoms with Gasteiger partial charge in [-0.15, -0.1) is 5.10 Å². The number of nitrogens with zero attached hydrogens (tertiary/aromatic N) is 4. The number of carbonyl (C=O) groups excluding carboxylic acids is 1. The summed E-state index contributed by atoms with van der Waals surface area (Å²) in [7, 11) is 0. The van der Waals surface area contributed by atoms with Crippen molar-refractivity contribution in [1.29, 1.82) is 5.26 Å². The summed E-state index contributed by atoms with van der Waals surface area (Å²) in [6.45, 7) is 2.24. The van der Waals surface area contributed by atoms with Gasteiger partial charge in [-0.05, 0) is 44.2 Å². The normalized spacial score (nSPS) is 12.5. The summed E-state index contributed by atoms with van der Waals surface area (Å²) >= 11 is 0. The SMILES string of the molecule is CCOC(=O)OC(C)n1nnc(C#N)c1-c1cccc(OCc2cc(C(F)(F)F)ccc2C(F)(F)F)c1. The highest BCUT2D eigenvalue weighted by Crippen LogP contribution is 2.37. The molecule has 0 saturated carbocycles. The number of ether oxygens (including phenoxy) is 3. The number of benzene rings is 2. The van der Waals surface area contributed by atoms with E-state index in [0.29, 0.717) is 18.2 Å². The van der Waals surface area contributed by atoms with Crippen LogP contribution in [0.15, 0.2) is 42.5 Å². The van der Waals surface area contributed by atoms with E-state index >= 15 is 0 Å². The molecule has 0 amide bonds. The van der Waals surface area contributed by atoms with Crippen LogP contribution in [0.25, 0.3) is 11.3 Å². The number of rotatable bonds is 7. The quantitative estimate of drug-likeness (QED) is 0.269. The van der Waals surface area contributed by atoms with Gasteiger partial charge in [0, 0.05) is 11.1 Å². The maximum Gasteiger partial charge on any atom is 0.510 e. The van der Waals surface area contributed by atoms with Crippen LogP contribution < -0.4 is 4.74 Å². The fourth-order valence-corrected chi connectivity index (χ4v) is 3.29. The number of hydrogen-bond acceptors (Lipinski definition) is 7. The minimum Gasteiger partial charge on any atom is -0.489 e. The summed E-state index contributed by atoms with van der Waals surface area (Å²) < 4.78 is 95.6. The Kier molecular flexibility index (Phi) is 7.95. The third-order valence-corrected chi connectivity index (χ3v) is 4.91. The Labute approximate surface area is 206 Å². The van der Waals surface area contributed by atoms with Gasteiger partial charge in [0.15, 0.2) is 11.9 Å². The molecule has 0 saturated heterocycles. The minimum absolute atomic E-state index is 0.0151. The lowest BCUT2D eigenvalue weighted by molar-refractivity contribution is -0.142. The third-order valence-electron chi connectivity index (χ3n) is 4.91. The van der Waals surface area contributed by atoms with Gasteiger partial charge in [-0.25, -0.2) is 9.48 Å². The van der Waals surface area contributed by atoms with Crippen molar-refractivity contribution in [2.45, 2.75) is 39.0 Å². The molecule has 3 rings (SSSR count). The molecule has 2 aromatic carbocycles. The van der Waals surface area contributed by atoms with Crippen LogP contribution in [0.4, 0.5) is 31.1 Å². The monoisotopic (exact) mass is 528 g/mol. The molecule has 0 bridgehead atoms. The average molecular weight is 528 g/mol. The molecule has 1 atom stereocenters. The molecule has 0 radical (unpaired) electrons. The third kappa shape index (κ3) is 6.49. The lowest BCUT2D eigenvalue weighted by Gasteiger charge is -2.17. The van der Waals surface area contributed by atoms with Crippen molar-refractivity contribution in [2.75, 3.05) is 6.61 Å². The molecule has 196 valence electrons. The molecule has 37 heavy (non-hydrogen) atoms. The number of hydrogen-bond donors (Lipinski definition) is 0. The Morgan fingerprint density at radius 3 is 2.46 bits per heavy atom. The predicted octanol–water partition coefficient (Wildman–Crippen LogP) is 6.12. The van der Waals surface area contributed by atoms with E-state index in [2.05, 4.69) is 10.3 Å². The van der Waals surface area contributed by atoms with Gasteiger partial charge in [0.05, 0.1) is 17.7 Å². The maximum atomic E-state index is 13.4. The molecule has 1 aromatic heterocycles. The highest BCUT2D eigenvalue weighted by molar-refractivity contribution is 5.66. The first kappa shape index (κ1) is 27.3. The van der Waals surface area contributed by atoms with Crippen molar-refractivity contribution >= 4 is 6.16 Å². The predicted molar refractivity (Wildman–Crippen MR) is 114 cm³/mol. The highest BCUT2D eigenvalue weighted by atomic mass is 19.4. The smallest absolute Gasteiger partial charge is 0.489 e. The Morgan fingerprint density at radius 2 is 1.84 bits per heavy atom. The molecule has 0 aliphatic heterocycles. The van der Waals surface area contributed by atoms with Crippen LogP contribution in [-0.4, -0.2) is 27.8 Å². The van der Waals surface area contributed by atoms with Crippen molar-refractivity contribution in [3.05, 3.63) is 64.8 Å². The molecule has 8 nitrogen and oxygen atoms in total. The highest BCUT2D eigenvalue weighted by Gasteiger charge is 2.37. The van der Waals surface area contributed by atoms with Gasteiger partial charge in [0.2, 0.25) is 0 Å². The van der Waals surface area contributed by atoms with Crippen LogP contribution in [0.1, 0.15) is 42.5 Å². The minimum atomic E-state index is -4.90. The van der Waals surface area contributed by atoms with E-state index in [1.54, 1.807) is 6.92 Å². The second kappa shape index (κ2) is 10.8. The molecule has 0 N–H and O–H groups in total. The number of nitriles is 1. The molecular formula is C23H18F6N4O4. The summed E-state index contributed by atoms with van der Waals surface area (Å²) in [4.78, 5) is 11.7. The molecule has 0 fully saturated rings. The topological polar surface area (TPSA) is 99.3 Å². The van der Waals surface area contributed by atoms with E-state index in [0.717, 1.165) is 4.68 Å². The summed E-state index contributed by atoms with van der Waals surface area (Å²) in [6, 6.07) is 8.56. The first-order valence-corrected chi connectivity index (χ1v) is 10.5. The van der Waals surface area contributed by atoms with Crippen molar-refractivity contribution in [2.24, 2.45) is 0 Å². The number of carbonyl (C=O) groups is 1. The lowest BCUT2D eigenvalue weighted by Crippen LogP contribution is -2.17. The van der Waals surface area contributed by atoms with Crippen molar-refractivity contribution in [3.8, 4) is 23.1 Å². The molecule has 0 spiro atoms. The van der Waals surface area contributed by atoms with Gasteiger partial charge in [-0.2, -0.15) is 31.6 Å². The molecule has 1 unspecified atom stereocenters. The van der Waals surface area contributed by atoms with Gasteiger partial charge in [-0.1, -0.05) is 17.3 Å². The standard InChI is InChI=1S/C23H18F6N4O4/c1-3-35-21(34)37-13(2)33-20(19(11-30)31-32-33)14-5-4-6-17(10-14)36-12-15-9-16(22(24,25)26)7-8-18(15)23(27,28)29/h4-10,13H,3,12H2,1-2H3. The van der Waals surface area contributed by atoms with Gasteiger partial charge in [-0.3, -0.25) is 0 Å². The Balaban J connectivity index is 1.92. The zero-order valence-electron chi connectivity index (χ0n) is 19.2. The summed E-state index contributed by atoms with van der Waals surface area (Å²) in [5, 5.41) is 17.0. The molecule has 3 aromatic rings. The largest absolute Gasteiger partial charge is 0.510 e.